The van der Waals surface area contributed by atoms with Gasteiger partial charge in [-0.2, -0.15) is 0 Å². The first-order chi connectivity index (χ1) is 15.9. The molecule has 1 spiro atoms. The summed E-state index contributed by atoms with van der Waals surface area (Å²) in [5, 5.41) is 9.29. The van der Waals surface area contributed by atoms with E-state index in [9.17, 15) is 19.5 Å². The Labute approximate surface area is 202 Å². The van der Waals surface area contributed by atoms with E-state index in [0.29, 0.717) is 32.4 Å². The van der Waals surface area contributed by atoms with Gasteiger partial charge in [0.1, 0.15) is 24.2 Å². The third kappa shape index (κ3) is 3.98. The van der Waals surface area contributed by atoms with Gasteiger partial charge in [-0.05, 0) is 52.9 Å². The molecule has 8 nitrogen and oxygen atoms in total. The number of aliphatic hydroxyl groups excluding tert-OH is 1. The van der Waals surface area contributed by atoms with Crippen LogP contribution in [0.2, 0.25) is 0 Å². The summed E-state index contributed by atoms with van der Waals surface area (Å²) in [6.45, 7) is 17.8. The number of esters is 1. The van der Waals surface area contributed by atoms with Crippen LogP contribution in [0, 0.1) is 17.8 Å². The van der Waals surface area contributed by atoms with Crippen molar-refractivity contribution < 1.29 is 29.0 Å². The molecule has 0 aromatic carbocycles. The number of aliphatic hydroxyl groups is 1. The molecular formula is C26H40N2O6. The van der Waals surface area contributed by atoms with Gasteiger partial charge in [0.2, 0.25) is 11.8 Å². The molecule has 2 bridgehead atoms. The first kappa shape index (κ1) is 26.4. The summed E-state index contributed by atoms with van der Waals surface area (Å²) >= 11 is 0. The molecular weight excluding hydrogens is 436 g/mol. The van der Waals surface area contributed by atoms with E-state index in [2.05, 4.69) is 13.2 Å². The highest BCUT2D eigenvalue weighted by molar-refractivity contribution is 5.98. The molecule has 34 heavy (non-hydrogen) atoms. The SMILES string of the molecule is C=CCOC(=O)[C@H]1[C@H]2C(=O)N(CCCCO)C(C(=O)N(CC=C)C(C)(C)C)C23CC(C)[C@]1(C)O3. The fraction of sp³-hybridized carbons (Fsp3) is 0.731. The lowest BCUT2D eigenvalue weighted by atomic mass is 9.62. The van der Waals surface area contributed by atoms with Crippen LogP contribution in [-0.2, 0) is 23.9 Å². The van der Waals surface area contributed by atoms with Gasteiger partial charge in [0.15, 0.2) is 0 Å². The second-order valence-corrected chi connectivity index (χ2v) is 11.0. The molecule has 0 aromatic heterocycles. The van der Waals surface area contributed by atoms with Crippen LogP contribution in [0.5, 0.6) is 0 Å². The second-order valence-electron chi connectivity index (χ2n) is 11.0. The lowest BCUT2D eigenvalue weighted by Gasteiger charge is -2.42. The minimum atomic E-state index is -1.11. The van der Waals surface area contributed by atoms with Gasteiger partial charge in [-0.3, -0.25) is 14.4 Å². The minimum absolute atomic E-state index is 0.00189. The second kappa shape index (κ2) is 9.46. The fourth-order valence-corrected chi connectivity index (χ4v) is 6.21. The van der Waals surface area contributed by atoms with Gasteiger partial charge >= 0.3 is 5.97 Å². The van der Waals surface area contributed by atoms with Gasteiger partial charge in [0.25, 0.3) is 0 Å². The molecule has 0 aliphatic carbocycles. The maximum Gasteiger partial charge on any atom is 0.313 e. The molecule has 1 N–H and O–H groups in total. The molecule has 2 amide bonds. The Morgan fingerprint density at radius 2 is 1.97 bits per heavy atom. The highest BCUT2D eigenvalue weighted by Gasteiger charge is 2.80. The van der Waals surface area contributed by atoms with E-state index in [1.807, 2.05) is 34.6 Å². The van der Waals surface area contributed by atoms with Gasteiger partial charge in [0.05, 0.1) is 11.5 Å². The summed E-state index contributed by atoms with van der Waals surface area (Å²) < 4.78 is 12.1. The number of unbranched alkanes of at least 4 members (excludes halogenated alkanes) is 1. The monoisotopic (exact) mass is 476 g/mol. The van der Waals surface area contributed by atoms with Crippen LogP contribution >= 0.6 is 0 Å². The van der Waals surface area contributed by atoms with Crippen LogP contribution in [0.4, 0.5) is 0 Å². The van der Waals surface area contributed by atoms with Crippen molar-refractivity contribution in [3.05, 3.63) is 25.3 Å². The van der Waals surface area contributed by atoms with E-state index in [-0.39, 0.29) is 30.9 Å². The third-order valence-corrected chi connectivity index (χ3v) is 7.84. The van der Waals surface area contributed by atoms with Crippen molar-refractivity contribution in [1.82, 2.24) is 9.80 Å². The summed E-state index contributed by atoms with van der Waals surface area (Å²) in [5.41, 5.74) is -2.52. The van der Waals surface area contributed by atoms with Gasteiger partial charge < -0.3 is 24.4 Å². The standard InChI is InChI=1S/C26H40N2O6/c1-8-12-28(24(4,5)6)22(31)20-26-16-17(3)25(7,34-26)19(23(32)33-15-9-2)18(26)21(30)27(20)13-10-11-14-29/h8-9,17-20,29H,1-2,10-16H2,3-7H3/t17?,18-,19+,20?,25-,26?/m0/s1. The van der Waals surface area contributed by atoms with Crippen molar-refractivity contribution in [2.45, 2.75) is 76.7 Å². The number of ether oxygens (including phenoxy) is 2. The molecule has 3 rings (SSSR count). The lowest BCUT2D eigenvalue weighted by molar-refractivity contribution is -0.162. The zero-order valence-electron chi connectivity index (χ0n) is 21.2. The molecule has 3 aliphatic rings. The maximum absolute atomic E-state index is 14.2. The summed E-state index contributed by atoms with van der Waals surface area (Å²) in [6, 6.07) is -0.857. The summed E-state index contributed by atoms with van der Waals surface area (Å²) in [5.74, 6) is -2.59. The van der Waals surface area contributed by atoms with Crippen LogP contribution < -0.4 is 0 Å². The molecule has 190 valence electrons. The number of amides is 2. The van der Waals surface area contributed by atoms with Crippen molar-refractivity contribution >= 4 is 17.8 Å². The van der Waals surface area contributed by atoms with E-state index in [1.54, 1.807) is 15.9 Å². The number of carbonyl (C=O) groups excluding carboxylic acids is 3. The molecule has 3 aliphatic heterocycles. The Bertz CT molecular complexity index is 851. The Morgan fingerprint density at radius 1 is 1.29 bits per heavy atom. The lowest BCUT2D eigenvalue weighted by Crippen LogP contribution is -2.60. The minimum Gasteiger partial charge on any atom is -0.461 e. The van der Waals surface area contributed by atoms with Crippen molar-refractivity contribution in [2.75, 3.05) is 26.3 Å². The average molecular weight is 477 g/mol. The smallest absolute Gasteiger partial charge is 0.313 e. The quantitative estimate of drug-likeness (QED) is 0.295. The molecule has 8 heteroatoms. The van der Waals surface area contributed by atoms with Crippen LogP contribution in [0.1, 0.15) is 53.9 Å². The Balaban J connectivity index is 2.10. The third-order valence-electron chi connectivity index (χ3n) is 7.84. The van der Waals surface area contributed by atoms with Gasteiger partial charge in [-0.1, -0.05) is 25.7 Å². The molecule has 3 fully saturated rings. The van der Waals surface area contributed by atoms with Crippen LogP contribution in [-0.4, -0.2) is 81.8 Å². The van der Waals surface area contributed by atoms with Gasteiger partial charge in [0, 0.05) is 25.2 Å². The average Bonchev–Trinajstić information content (AvgIpc) is 3.26. The van der Waals surface area contributed by atoms with Crippen molar-refractivity contribution in [3.63, 3.8) is 0 Å². The molecule has 0 radical (unpaired) electrons. The number of carbonyl (C=O) groups is 3. The summed E-state index contributed by atoms with van der Waals surface area (Å²) in [6.07, 6.45) is 4.73. The first-order valence-electron chi connectivity index (χ1n) is 12.2. The van der Waals surface area contributed by atoms with Crippen LogP contribution in [0.15, 0.2) is 25.3 Å². The van der Waals surface area contributed by atoms with Crippen LogP contribution in [0.25, 0.3) is 0 Å². The van der Waals surface area contributed by atoms with Crippen molar-refractivity contribution in [1.29, 1.82) is 0 Å². The normalized spacial score (nSPS) is 34.2. The van der Waals surface area contributed by atoms with E-state index in [4.69, 9.17) is 9.47 Å². The van der Waals surface area contributed by atoms with E-state index in [0.717, 1.165) is 0 Å². The molecule has 0 saturated carbocycles. The number of hydrogen-bond acceptors (Lipinski definition) is 6. The predicted octanol–water partition coefficient (Wildman–Crippen LogP) is 2.31. The van der Waals surface area contributed by atoms with Gasteiger partial charge in [-0.25, -0.2) is 0 Å². The summed E-state index contributed by atoms with van der Waals surface area (Å²) in [7, 11) is 0. The number of hydrogen-bond donors (Lipinski definition) is 1. The van der Waals surface area contributed by atoms with E-state index in [1.165, 1.54) is 6.08 Å². The first-order valence-corrected chi connectivity index (χ1v) is 12.2. The fourth-order valence-electron chi connectivity index (χ4n) is 6.21. The Hall–Kier alpha value is -2.19. The molecule has 3 heterocycles. The molecule has 3 unspecified atom stereocenters. The Morgan fingerprint density at radius 3 is 2.53 bits per heavy atom. The zero-order valence-corrected chi connectivity index (χ0v) is 21.2. The molecule has 3 saturated heterocycles. The number of fused-ring (bicyclic) bond motifs is 1. The molecule has 0 aromatic rings. The zero-order chi connectivity index (χ0) is 25.5. The number of nitrogens with zero attached hydrogens (tertiary/aromatic N) is 2. The maximum atomic E-state index is 14.2. The van der Waals surface area contributed by atoms with Crippen molar-refractivity contribution in [2.24, 2.45) is 17.8 Å². The number of rotatable bonds is 10. The van der Waals surface area contributed by atoms with Crippen molar-refractivity contribution in [3.8, 4) is 0 Å². The molecule has 6 atom stereocenters. The van der Waals surface area contributed by atoms with E-state index >= 15 is 0 Å². The van der Waals surface area contributed by atoms with Crippen LogP contribution in [0.3, 0.4) is 0 Å². The number of likely N-dealkylation sites (tertiary alicyclic amines) is 1. The Kier molecular flexibility index (Phi) is 7.35. The highest BCUT2D eigenvalue weighted by atomic mass is 16.6. The van der Waals surface area contributed by atoms with Gasteiger partial charge in [-0.15, -0.1) is 6.58 Å². The largest absolute Gasteiger partial charge is 0.461 e. The topological polar surface area (TPSA) is 96.4 Å². The predicted molar refractivity (Wildman–Crippen MR) is 128 cm³/mol. The highest BCUT2D eigenvalue weighted by Crippen LogP contribution is 2.65. The summed E-state index contributed by atoms with van der Waals surface area (Å²) in [4.78, 5) is 44.6. The van der Waals surface area contributed by atoms with E-state index < -0.39 is 40.6 Å².